The zero-order valence-corrected chi connectivity index (χ0v) is 16.4. The van der Waals surface area contributed by atoms with Gasteiger partial charge in [-0.1, -0.05) is 18.2 Å². The predicted octanol–water partition coefficient (Wildman–Crippen LogP) is 3.37. The van der Waals surface area contributed by atoms with E-state index >= 15 is 0 Å². The van der Waals surface area contributed by atoms with Crippen molar-refractivity contribution in [3.05, 3.63) is 54.4 Å². The van der Waals surface area contributed by atoms with E-state index in [0.29, 0.717) is 11.4 Å². The number of hydrogen-bond donors (Lipinski definition) is 3. The Bertz CT molecular complexity index is 988. The molecule has 3 N–H and O–H groups in total. The van der Waals surface area contributed by atoms with Gasteiger partial charge in [-0.25, -0.2) is 4.98 Å². The average molecular weight is 391 g/mol. The molecule has 2 aromatic carbocycles. The minimum atomic E-state index is -0.134. The number of aromatic nitrogens is 2. The number of rotatable bonds is 5. The number of nitrogens with one attached hydrogen (secondary N) is 3. The zero-order valence-electron chi connectivity index (χ0n) is 16.4. The van der Waals surface area contributed by atoms with E-state index in [2.05, 4.69) is 25.5 Å². The van der Waals surface area contributed by atoms with Gasteiger partial charge in [-0.2, -0.15) is 0 Å². The molecule has 3 aromatic rings. The second-order valence-electron chi connectivity index (χ2n) is 7.50. The fourth-order valence-corrected chi connectivity index (χ4v) is 3.77. The van der Waals surface area contributed by atoms with Crippen LogP contribution in [0.4, 0.5) is 11.4 Å². The van der Waals surface area contributed by atoms with E-state index in [9.17, 15) is 9.59 Å². The summed E-state index contributed by atoms with van der Waals surface area (Å²) in [5.41, 5.74) is 3.42. The van der Waals surface area contributed by atoms with Gasteiger partial charge in [0.25, 0.3) is 0 Å². The number of anilines is 2. The Labute approximate surface area is 169 Å². The number of H-pyrrole nitrogens is 1. The number of benzene rings is 2. The molecule has 0 bridgehead atoms. The van der Waals surface area contributed by atoms with Crippen LogP contribution in [0.2, 0.25) is 0 Å². The van der Waals surface area contributed by atoms with Crippen LogP contribution in [-0.2, 0) is 16.1 Å². The summed E-state index contributed by atoms with van der Waals surface area (Å²) in [6.07, 6.45) is 1.63. The van der Waals surface area contributed by atoms with Crippen LogP contribution in [0, 0.1) is 5.92 Å². The lowest BCUT2D eigenvalue weighted by molar-refractivity contribution is -0.121. The second kappa shape index (κ2) is 8.45. The van der Waals surface area contributed by atoms with Crippen molar-refractivity contribution in [3.8, 4) is 0 Å². The number of hydrogen-bond acceptors (Lipinski definition) is 4. The molecule has 1 aliphatic heterocycles. The number of para-hydroxylation sites is 2. The van der Waals surface area contributed by atoms with Gasteiger partial charge in [0.1, 0.15) is 5.82 Å². The van der Waals surface area contributed by atoms with Gasteiger partial charge in [0.05, 0.1) is 17.6 Å². The van der Waals surface area contributed by atoms with Crippen LogP contribution < -0.4 is 10.6 Å². The first-order valence-electron chi connectivity index (χ1n) is 9.91. The molecule has 150 valence electrons. The monoisotopic (exact) mass is 391 g/mol. The van der Waals surface area contributed by atoms with E-state index in [0.717, 1.165) is 49.3 Å². The van der Waals surface area contributed by atoms with Crippen molar-refractivity contribution in [1.82, 2.24) is 14.9 Å². The Morgan fingerprint density at radius 1 is 1.07 bits per heavy atom. The van der Waals surface area contributed by atoms with Crippen LogP contribution >= 0.6 is 0 Å². The van der Waals surface area contributed by atoms with E-state index in [4.69, 9.17) is 0 Å². The third-order valence-corrected chi connectivity index (χ3v) is 5.22. The molecule has 4 rings (SSSR count). The van der Waals surface area contributed by atoms with Gasteiger partial charge in [-0.15, -0.1) is 0 Å². The topological polar surface area (TPSA) is 90.1 Å². The molecule has 0 aliphatic carbocycles. The van der Waals surface area contributed by atoms with Crippen molar-refractivity contribution in [2.75, 3.05) is 23.7 Å². The summed E-state index contributed by atoms with van der Waals surface area (Å²) in [6.45, 7) is 3.95. The summed E-state index contributed by atoms with van der Waals surface area (Å²) in [7, 11) is 0. The Balaban J connectivity index is 1.30. The highest BCUT2D eigenvalue weighted by atomic mass is 16.2. The van der Waals surface area contributed by atoms with Crippen molar-refractivity contribution in [1.29, 1.82) is 0 Å². The van der Waals surface area contributed by atoms with Gasteiger partial charge in [-0.3, -0.25) is 14.5 Å². The number of imidazole rings is 1. The largest absolute Gasteiger partial charge is 0.341 e. The first-order chi connectivity index (χ1) is 14.1. The van der Waals surface area contributed by atoms with E-state index in [1.807, 2.05) is 36.4 Å². The van der Waals surface area contributed by atoms with Crippen LogP contribution in [0.15, 0.2) is 48.5 Å². The molecule has 0 radical (unpaired) electrons. The summed E-state index contributed by atoms with van der Waals surface area (Å²) in [4.78, 5) is 34.2. The molecule has 0 spiro atoms. The summed E-state index contributed by atoms with van der Waals surface area (Å²) < 4.78 is 0. The maximum absolute atomic E-state index is 12.6. The van der Waals surface area contributed by atoms with Gasteiger partial charge in [0, 0.05) is 24.2 Å². The highest BCUT2D eigenvalue weighted by Crippen LogP contribution is 2.22. The molecule has 1 aromatic heterocycles. The lowest BCUT2D eigenvalue weighted by Gasteiger charge is -2.30. The third kappa shape index (κ3) is 4.81. The number of nitrogens with zero attached hydrogens (tertiary/aromatic N) is 2. The molecular formula is C22H25N5O2. The van der Waals surface area contributed by atoms with E-state index in [1.165, 1.54) is 6.92 Å². The fraction of sp³-hybridized carbons (Fsp3) is 0.318. The Morgan fingerprint density at radius 2 is 1.79 bits per heavy atom. The molecule has 0 atom stereocenters. The first-order valence-corrected chi connectivity index (χ1v) is 9.91. The summed E-state index contributed by atoms with van der Waals surface area (Å²) in [5, 5.41) is 5.71. The molecule has 0 saturated carbocycles. The van der Waals surface area contributed by atoms with Crippen molar-refractivity contribution in [2.45, 2.75) is 26.3 Å². The molecule has 1 fully saturated rings. The number of amides is 2. The van der Waals surface area contributed by atoms with Gasteiger partial charge < -0.3 is 15.6 Å². The van der Waals surface area contributed by atoms with Crippen molar-refractivity contribution in [3.63, 3.8) is 0 Å². The molecule has 1 aliphatic rings. The molecule has 2 heterocycles. The van der Waals surface area contributed by atoms with Crippen LogP contribution in [0.1, 0.15) is 25.6 Å². The van der Waals surface area contributed by atoms with Crippen molar-refractivity contribution in [2.24, 2.45) is 5.92 Å². The second-order valence-corrected chi connectivity index (χ2v) is 7.50. The normalized spacial score (nSPS) is 15.3. The van der Waals surface area contributed by atoms with Crippen LogP contribution in [0.3, 0.4) is 0 Å². The first kappa shape index (κ1) is 19.1. The SMILES string of the molecule is CC(=O)Nc1cccc(NC(=O)C2CCN(Cc3nc4ccccc4[nH]3)CC2)c1. The molecule has 0 unspecified atom stereocenters. The number of carbonyl (C=O) groups excluding carboxylic acids is 2. The number of likely N-dealkylation sites (tertiary alicyclic amines) is 1. The van der Waals surface area contributed by atoms with Crippen LogP contribution in [0.25, 0.3) is 11.0 Å². The molecule has 29 heavy (non-hydrogen) atoms. The lowest BCUT2D eigenvalue weighted by Crippen LogP contribution is -2.38. The number of aromatic amines is 1. The van der Waals surface area contributed by atoms with E-state index in [-0.39, 0.29) is 17.7 Å². The Kier molecular flexibility index (Phi) is 5.57. The number of carbonyl (C=O) groups is 2. The highest BCUT2D eigenvalue weighted by Gasteiger charge is 2.25. The lowest BCUT2D eigenvalue weighted by atomic mass is 9.96. The zero-order chi connectivity index (χ0) is 20.2. The molecule has 2 amide bonds. The van der Waals surface area contributed by atoms with E-state index < -0.39 is 0 Å². The van der Waals surface area contributed by atoms with Gasteiger partial charge in [0.2, 0.25) is 11.8 Å². The van der Waals surface area contributed by atoms with Crippen molar-refractivity contribution >= 4 is 34.2 Å². The van der Waals surface area contributed by atoms with Gasteiger partial charge >= 0.3 is 0 Å². The minimum absolute atomic E-state index is 0.00801. The number of fused-ring (bicyclic) bond motifs is 1. The quantitative estimate of drug-likeness (QED) is 0.622. The minimum Gasteiger partial charge on any atom is -0.341 e. The molecule has 7 nitrogen and oxygen atoms in total. The van der Waals surface area contributed by atoms with E-state index in [1.54, 1.807) is 12.1 Å². The Morgan fingerprint density at radius 3 is 2.52 bits per heavy atom. The fourth-order valence-electron chi connectivity index (χ4n) is 3.77. The molecule has 7 heteroatoms. The number of piperidine rings is 1. The smallest absolute Gasteiger partial charge is 0.227 e. The summed E-state index contributed by atoms with van der Waals surface area (Å²) >= 11 is 0. The van der Waals surface area contributed by atoms with Gasteiger partial charge in [0.15, 0.2) is 0 Å². The predicted molar refractivity (Wildman–Crippen MR) is 113 cm³/mol. The van der Waals surface area contributed by atoms with Crippen LogP contribution in [0.5, 0.6) is 0 Å². The van der Waals surface area contributed by atoms with Crippen LogP contribution in [-0.4, -0.2) is 39.8 Å². The summed E-state index contributed by atoms with van der Waals surface area (Å²) in [5.74, 6) is 0.855. The summed E-state index contributed by atoms with van der Waals surface area (Å²) in [6, 6.07) is 15.2. The van der Waals surface area contributed by atoms with Gasteiger partial charge in [-0.05, 0) is 56.3 Å². The molecule has 1 saturated heterocycles. The molecular weight excluding hydrogens is 366 g/mol. The van der Waals surface area contributed by atoms with Crippen molar-refractivity contribution < 1.29 is 9.59 Å². The highest BCUT2D eigenvalue weighted by molar-refractivity contribution is 5.94. The maximum Gasteiger partial charge on any atom is 0.227 e. The standard InChI is InChI=1S/C22H25N5O2/c1-15(28)23-17-5-4-6-18(13-17)24-22(29)16-9-11-27(12-10-16)14-21-25-19-7-2-3-8-20(19)26-21/h2-8,13,16H,9-12,14H2,1H3,(H,23,28)(H,24,29)(H,25,26). The Hall–Kier alpha value is -3.19. The third-order valence-electron chi connectivity index (χ3n) is 5.22. The maximum atomic E-state index is 12.6. The average Bonchev–Trinajstić information content (AvgIpc) is 3.10.